The smallest absolute Gasteiger partial charge is 0.0534 e. The van der Waals surface area contributed by atoms with Gasteiger partial charge in [0, 0.05) is 31.4 Å². The molecule has 0 aliphatic heterocycles. The Balaban J connectivity index is 0.00000112. The fourth-order valence-electron chi connectivity index (χ4n) is 2.13. The number of aryl methyl sites for hydroxylation is 1. The summed E-state index contributed by atoms with van der Waals surface area (Å²) in [5.41, 5.74) is 1.29. The van der Waals surface area contributed by atoms with Crippen LogP contribution in [0.5, 0.6) is 0 Å². The second-order valence-electron chi connectivity index (χ2n) is 4.24. The van der Waals surface area contributed by atoms with Gasteiger partial charge in [-0.2, -0.15) is 5.10 Å². The summed E-state index contributed by atoms with van der Waals surface area (Å²) in [6, 6.07) is 0.740. The Morgan fingerprint density at radius 2 is 2.00 bits per heavy atom. The number of nitrogens with zero attached hydrogens (tertiary/aromatic N) is 2. The van der Waals surface area contributed by atoms with E-state index in [2.05, 4.69) is 16.6 Å². The molecule has 0 unspecified atom stereocenters. The van der Waals surface area contributed by atoms with E-state index in [9.17, 15) is 0 Å². The molecule has 0 radical (unpaired) electrons. The number of hydrogen-bond acceptors (Lipinski definition) is 2. The number of halogens is 2. The summed E-state index contributed by atoms with van der Waals surface area (Å²) in [7, 11) is 1.96. The number of hydrogen-bond donors (Lipinski definition) is 1. The maximum Gasteiger partial charge on any atom is 0.0534 e. The van der Waals surface area contributed by atoms with Gasteiger partial charge in [0.1, 0.15) is 0 Å². The first kappa shape index (κ1) is 15.8. The fraction of sp³-hybridized carbons (Fsp3) is 0.727. The molecule has 0 bridgehead atoms. The minimum Gasteiger partial charge on any atom is -0.310 e. The van der Waals surface area contributed by atoms with Gasteiger partial charge in [-0.25, -0.2) is 0 Å². The minimum absolute atomic E-state index is 0. The van der Waals surface area contributed by atoms with Gasteiger partial charge in [0.05, 0.1) is 6.20 Å². The molecule has 0 aromatic carbocycles. The third-order valence-electron chi connectivity index (χ3n) is 2.96. The number of rotatable bonds is 3. The average molecular weight is 266 g/mol. The molecule has 2 rings (SSSR count). The second-order valence-corrected chi connectivity index (χ2v) is 4.24. The van der Waals surface area contributed by atoms with Crippen LogP contribution in [0.4, 0.5) is 0 Å². The summed E-state index contributed by atoms with van der Waals surface area (Å²) in [6.07, 6.45) is 10.9. The summed E-state index contributed by atoms with van der Waals surface area (Å²) in [6.45, 7) is 0.971. The largest absolute Gasteiger partial charge is 0.310 e. The molecular formula is C11H21Cl2N3. The van der Waals surface area contributed by atoms with Crippen LogP contribution in [0.25, 0.3) is 0 Å². The molecule has 1 aliphatic carbocycles. The van der Waals surface area contributed by atoms with Gasteiger partial charge in [-0.3, -0.25) is 4.68 Å². The molecule has 5 heteroatoms. The maximum absolute atomic E-state index is 4.16. The molecule has 1 aliphatic rings. The van der Waals surface area contributed by atoms with E-state index in [0.717, 1.165) is 12.6 Å². The van der Waals surface area contributed by atoms with Crippen molar-refractivity contribution >= 4 is 24.8 Å². The number of nitrogens with one attached hydrogen (secondary N) is 1. The lowest BCUT2D eigenvalue weighted by atomic mass is 9.95. The van der Waals surface area contributed by atoms with Crippen LogP contribution in [0.2, 0.25) is 0 Å². The van der Waals surface area contributed by atoms with Crippen LogP contribution in [0.3, 0.4) is 0 Å². The quantitative estimate of drug-likeness (QED) is 0.911. The second kappa shape index (κ2) is 7.93. The van der Waals surface area contributed by atoms with E-state index in [1.54, 1.807) is 0 Å². The Bertz CT molecular complexity index is 283. The van der Waals surface area contributed by atoms with Gasteiger partial charge in [-0.15, -0.1) is 24.8 Å². The summed E-state index contributed by atoms with van der Waals surface area (Å²) < 4.78 is 1.86. The zero-order valence-corrected chi connectivity index (χ0v) is 11.3. The molecule has 1 fully saturated rings. The highest BCUT2D eigenvalue weighted by atomic mass is 35.5. The van der Waals surface area contributed by atoms with Gasteiger partial charge in [0.2, 0.25) is 0 Å². The molecule has 0 spiro atoms. The van der Waals surface area contributed by atoms with Crippen LogP contribution in [-0.2, 0) is 13.6 Å². The molecule has 0 saturated heterocycles. The van der Waals surface area contributed by atoms with Crippen LogP contribution in [0.15, 0.2) is 12.4 Å². The summed E-state index contributed by atoms with van der Waals surface area (Å²) in [4.78, 5) is 0. The van der Waals surface area contributed by atoms with E-state index in [0.29, 0.717) is 0 Å². The Morgan fingerprint density at radius 1 is 1.31 bits per heavy atom. The summed E-state index contributed by atoms with van der Waals surface area (Å²) in [5.74, 6) is 0. The lowest BCUT2D eigenvalue weighted by Crippen LogP contribution is -2.30. The van der Waals surface area contributed by atoms with Crippen molar-refractivity contribution in [2.24, 2.45) is 7.05 Å². The zero-order valence-electron chi connectivity index (χ0n) is 9.69. The zero-order chi connectivity index (χ0) is 9.80. The lowest BCUT2D eigenvalue weighted by Gasteiger charge is -2.22. The van der Waals surface area contributed by atoms with Crippen molar-refractivity contribution in [3.8, 4) is 0 Å². The third-order valence-corrected chi connectivity index (χ3v) is 2.96. The Labute approximate surface area is 110 Å². The van der Waals surface area contributed by atoms with Crippen LogP contribution in [-0.4, -0.2) is 15.8 Å². The van der Waals surface area contributed by atoms with Crippen molar-refractivity contribution in [1.82, 2.24) is 15.1 Å². The van der Waals surface area contributed by atoms with Crippen molar-refractivity contribution in [2.75, 3.05) is 0 Å². The average Bonchev–Trinajstić information content (AvgIpc) is 2.63. The minimum atomic E-state index is 0. The van der Waals surface area contributed by atoms with Gasteiger partial charge in [-0.1, -0.05) is 19.3 Å². The third kappa shape index (κ3) is 4.73. The fourth-order valence-corrected chi connectivity index (χ4v) is 2.13. The van der Waals surface area contributed by atoms with Gasteiger partial charge in [0.15, 0.2) is 0 Å². The lowest BCUT2D eigenvalue weighted by molar-refractivity contribution is 0.372. The standard InChI is InChI=1S/C11H19N3.2ClH/c1-14-9-10(8-13-14)7-12-11-5-3-2-4-6-11;;/h8-9,11-12H,2-7H2,1H3;2*1H. The maximum atomic E-state index is 4.16. The normalized spacial score (nSPS) is 16.3. The molecule has 94 valence electrons. The predicted octanol–water partition coefficient (Wildman–Crippen LogP) is 2.69. The van der Waals surface area contributed by atoms with Gasteiger partial charge < -0.3 is 5.32 Å². The monoisotopic (exact) mass is 265 g/mol. The van der Waals surface area contributed by atoms with Crippen LogP contribution < -0.4 is 5.32 Å². The first-order valence-electron chi connectivity index (χ1n) is 5.55. The highest BCUT2D eigenvalue weighted by Crippen LogP contribution is 2.17. The topological polar surface area (TPSA) is 29.9 Å². The van der Waals surface area contributed by atoms with Crippen LogP contribution >= 0.6 is 24.8 Å². The van der Waals surface area contributed by atoms with Gasteiger partial charge in [-0.05, 0) is 12.8 Å². The van der Waals surface area contributed by atoms with Crippen molar-refractivity contribution < 1.29 is 0 Å². The van der Waals surface area contributed by atoms with Crippen molar-refractivity contribution in [3.05, 3.63) is 18.0 Å². The van der Waals surface area contributed by atoms with Crippen molar-refractivity contribution in [1.29, 1.82) is 0 Å². The molecule has 16 heavy (non-hydrogen) atoms. The van der Waals surface area contributed by atoms with Crippen LogP contribution in [0, 0.1) is 0 Å². The van der Waals surface area contributed by atoms with E-state index in [4.69, 9.17) is 0 Å². The Morgan fingerprint density at radius 3 is 2.56 bits per heavy atom. The first-order chi connectivity index (χ1) is 6.84. The van der Waals surface area contributed by atoms with E-state index < -0.39 is 0 Å². The van der Waals surface area contributed by atoms with Crippen molar-refractivity contribution in [2.45, 2.75) is 44.7 Å². The predicted molar refractivity (Wildman–Crippen MR) is 71.4 cm³/mol. The molecule has 1 aromatic heterocycles. The molecule has 1 saturated carbocycles. The van der Waals surface area contributed by atoms with Crippen molar-refractivity contribution in [3.63, 3.8) is 0 Å². The Hall–Kier alpha value is -0.250. The molecular weight excluding hydrogens is 245 g/mol. The summed E-state index contributed by atoms with van der Waals surface area (Å²) in [5, 5.41) is 7.75. The highest BCUT2D eigenvalue weighted by molar-refractivity contribution is 5.85. The molecule has 0 atom stereocenters. The van der Waals surface area contributed by atoms with Gasteiger partial charge >= 0.3 is 0 Å². The molecule has 1 aromatic rings. The van der Waals surface area contributed by atoms with E-state index in [1.807, 2.05) is 17.9 Å². The molecule has 0 amide bonds. The SMILES string of the molecule is Cl.Cl.Cn1cc(CNC2CCCCC2)cn1. The summed E-state index contributed by atoms with van der Waals surface area (Å²) >= 11 is 0. The number of aromatic nitrogens is 2. The molecule has 3 nitrogen and oxygen atoms in total. The van der Waals surface area contributed by atoms with Crippen LogP contribution in [0.1, 0.15) is 37.7 Å². The first-order valence-corrected chi connectivity index (χ1v) is 5.55. The molecule has 1 N–H and O–H groups in total. The Kier molecular flexibility index (Phi) is 7.81. The van der Waals surface area contributed by atoms with E-state index >= 15 is 0 Å². The van der Waals surface area contributed by atoms with E-state index in [1.165, 1.54) is 37.7 Å². The van der Waals surface area contributed by atoms with Gasteiger partial charge in [0.25, 0.3) is 0 Å². The molecule has 1 heterocycles. The van der Waals surface area contributed by atoms with E-state index in [-0.39, 0.29) is 24.8 Å². The highest BCUT2D eigenvalue weighted by Gasteiger charge is 2.12.